The molecule has 0 bridgehead atoms. The smallest absolute Gasteiger partial charge is 0.135 e. The first-order chi connectivity index (χ1) is 6.27. The first-order valence-corrected chi connectivity index (χ1v) is 4.17. The molecule has 2 aromatic rings. The van der Waals surface area contributed by atoms with Gasteiger partial charge >= 0.3 is 0 Å². The highest BCUT2D eigenvalue weighted by molar-refractivity contribution is 5.73. The summed E-state index contributed by atoms with van der Waals surface area (Å²) in [5.74, 6) is 0.817. The van der Waals surface area contributed by atoms with E-state index in [9.17, 15) is 0 Å². The zero-order valence-electron chi connectivity index (χ0n) is 7.45. The SMILES string of the molecule is Cc1ccc(-c2ccco2)c(N)c1. The maximum absolute atomic E-state index is 5.85. The van der Waals surface area contributed by atoms with E-state index in [0.29, 0.717) is 0 Å². The van der Waals surface area contributed by atoms with Gasteiger partial charge in [0.2, 0.25) is 0 Å². The van der Waals surface area contributed by atoms with Crippen LogP contribution in [0.5, 0.6) is 0 Å². The Kier molecular flexibility index (Phi) is 1.81. The van der Waals surface area contributed by atoms with E-state index in [4.69, 9.17) is 10.2 Å². The maximum Gasteiger partial charge on any atom is 0.135 e. The van der Waals surface area contributed by atoms with Gasteiger partial charge in [-0.2, -0.15) is 0 Å². The van der Waals surface area contributed by atoms with E-state index >= 15 is 0 Å². The zero-order chi connectivity index (χ0) is 9.26. The molecule has 2 heteroatoms. The molecule has 0 saturated carbocycles. The third-order valence-corrected chi connectivity index (χ3v) is 1.99. The van der Waals surface area contributed by atoms with E-state index in [2.05, 4.69) is 0 Å². The highest BCUT2D eigenvalue weighted by Crippen LogP contribution is 2.26. The molecule has 2 rings (SSSR count). The minimum Gasteiger partial charge on any atom is -0.464 e. The lowest BCUT2D eigenvalue weighted by molar-refractivity contribution is 0.582. The summed E-state index contributed by atoms with van der Waals surface area (Å²) in [6, 6.07) is 9.70. The Bertz CT molecular complexity index is 404. The average Bonchev–Trinajstić information content (AvgIpc) is 2.56. The molecule has 2 N–H and O–H groups in total. The van der Waals surface area contributed by atoms with Gasteiger partial charge in [0.15, 0.2) is 0 Å². The van der Waals surface area contributed by atoms with E-state index < -0.39 is 0 Å². The first-order valence-electron chi connectivity index (χ1n) is 4.17. The number of anilines is 1. The number of hydrogen-bond donors (Lipinski definition) is 1. The van der Waals surface area contributed by atoms with Crippen LogP contribution in [0, 0.1) is 6.92 Å². The fraction of sp³-hybridized carbons (Fsp3) is 0.0909. The van der Waals surface area contributed by atoms with E-state index in [0.717, 1.165) is 22.6 Å². The monoisotopic (exact) mass is 173 g/mol. The topological polar surface area (TPSA) is 39.2 Å². The van der Waals surface area contributed by atoms with Gasteiger partial charge in [-0.15, -0.1) is 0 Å². The van der Waals surface area contributed by atoms with Crippen molar-refractivity contribution < 1.29 is 4.42 Å². The lowest BCUT2D eigenvalue weighted by atomic mass is 10.1. The average molecular weight is 173 g/mol. The van der Waals surface area contributed by atoms with Gasteiger partial charge in [-0.1, -0.05) is 6.07 Å². The van der Waals surface area contributed by atoms with Crippen molar-refractivity contribution in [3.05, 3.63) is 42.2 Å². The fourth-order valence-corrected chi connectivity index (χ4v) is 1.34. The second-order valence-corrected chi connectivity index (χ2v) is 3.07. The molecule has 0 atom stereocenters. The van der Waals surface area contributed by atoms with Crippen molar-refractivity contribution in [1.82, 2.24) is 0 Å². The van der Waals surface area contributed by atoms with Crippen molar-refractivity contribution in [3.63, 3.8) is 0 Å². The molecule has 13 heavy (non-hydrogen) atoms. The standard InChI is InChI=1S/C11H11NO/c1-8-4-5-9(10(12)7-8)11-3-2-6-13-11/h2-7H,12H2,1H3. The molecule has 0 aliphatic heterocycles. The summed E-state index contributed by atoms with van der Waals surface area (Å²) in [7, 11) is 0. The van der Waals surface area contributed by atoms with Crippen LogP contribution in [0.15, 0.2) is 41.0 Å². The molecular weight excluding hydrogens is 162 g/mol. The second-order valence-electron chi connectivity index (χ2n) is 3.07. The third-order valence-electron chi connectivity index (χ3n) is 1.99. The van der Waals surface area contributed by atoms with Gasteiger partial charge in [-0.3, -0.25) is 0 Å². The predicted octanol–water partition coefficient (Wildman–Crippen LogP) is 2.84. The first kappa shape index (κ1) is 7.92. The lowest BCUT2D eigenvalue weighted by Crippen LogP contribution is -1.89. The quantitative estimate of drug-likeness (QED) is 0.673. The van der Waals surface area contributed by atoms with Gasteiger partial charge in [0.05, 0.1) is 6.26 Å². The van der Waals surface area contributed by atoms with E-state index in [1.54, 1.807) is 6.26 Å². The number of rotatable bonds is 1. The molecule has 0 aliphatic carbocycles. The Labute approximate surface area is 77.0 Å². The van der Waals surface area contributed by atoms with Gasteiger partial charge < -0.3 is 10.2 Å². The Balaban J connectivity index is 2.53. The molecule has 0 unspecified atom stereocenters. The Hall–Kier alpha value is -1.70. The van der Waals surface area contributed by atoms with Crippen LogP contribution in [-0.4, -0.2) is 0 Å². The minimum atomic E-state index is 0.759. The van der Waals surface area contributed by atoms with Crippen LogP contribution in [0.3, 0.4) is 0 Å². The number of hydrogen-bond acceptors (Lipinski definition) is 2. The molecule has 2 nitrogen and oxygen atoms in total. The van der Waals surface area contributed by atoms with Crippen molar-refractivity contribution in [2.24, 2.45) is 0 Å². The summed E-state index contributed by atoms with van der Waals surface area (Å²) in [4.78, 5) is 0. The Morgan fingerprint density at radius 3 is 2.69 bits per heavy atom. The Morgan fingerprint density at radius 2 is 2.08 bits per heavy atom. The van der Waals surface area contributed by atoms with Crippen LogP contribution < -0.4 is 5.73 Å². The third kappa shape index (κ3) is 1.43. The highest BCUT2D eigenvalue weighted by Gasteiger charge is 2.03. The van der Waals surface area contributed by atoms with Gasteiger partial charge in [-0.05, 0) is 36.8 Å². The summed E-state index contributed by atoms with van der Waals surface area (Å²) in [6.07, 6.45) is 1.65. The molecule has 1 heterocycles. The summed E-state index contributed by atoms with van der Waals surface area (Å²) >= 11 is 0. The molecule has 0 saturated heterocycles. The van der Waals surface area contributed by atoms with Crippen molar-refractivity contribution in [3.8, 4) is 11.3 Å². The normalized spacial score (nSPS) is 10.2. The summed E-state index contributed by atoms with van der Waals surface area (Å²) < 4.78 is 5.26. The van der Waals surface area contributed by atoms with Gasteiger partial charge in [0.25, 0.3) is 0 Å². The molecule has 66 valence electrons. The second kappa shape index (κ2) is 2.98. The van der Waals surface area contributed by atoms with Crippen LogP contribution in [0.2, 0.25) is 0 Å². The number of furan rings is 1. The molecule has 0 amide bonds. The number of nitrogen functional groups attached to an aromatic ring is 1. The van der Waals surface area contributed by atoms with Crippen LogP contribution in [-0.2, 0) is 0 Å². The maximum atomic E-state index is 5.85. The van der Waals surface area contributed by atoms with Crippen LogP contribution in [0.1, 0.15) is 5.56 Å². The molecule has 0 aliphatic rings. The molecule has 0 spiro atoms. The van der Waals surface area contributed by atoms with Crippen molar-refractivity contribution in [2.45, 2.75) is 6.92 Å². The van der Waals surface area contributed by atoms with Crippen LogP contribution in [0.4, 0.5) is 5.69 Å². The van der Waals surface area contributed by atoms with Crippen LogP contribution in [0.25, 0.3) is 11.3 Å². The fourth-order valence-electron chi connectivity index (χ4n) is 1.34. The van der Waals surface area contributed by atoms with Crippen molar-refractivity contribution >= 4 is 5.69 Å². The molecule has 1 aromatic carbocycles. The number of nitrogens with two attached hydrogens (primary N) is 1. The summed E-state index contributed by atoms with van der Waals surface area (Å²) in [6.45, 7) is 2.02. The highest BCUT2D eigenvalue weighted by atomic mass is 16.3. The summed E-state index contributed by atoms with van der Waals surface area (Å²) in [5, 5.41) is 0. The molecular formula is C11H11NO. The van der Waals surface area contributed by atoms with Crippen LogP contribution >= 0.6 is 0 Å². The van der Waals surface area contributed by atoms with Crippen molar-refractivity contribution in [2.75, 3.05) is 5.73 Å². The Morgan fingerprint density at radius 1 is 1.23 bits per heavy atom. The van der Waals surface area contributed by atoms with Crippen molar-refractivity contribution in [1.29, 1.82) is 0 Å². The van der Waals surface area contributed by atoms with Gasteiger partial charge in [0.1, 0.15) is 5.76 Å². The largest absolute Gasteiger partial charge is 0.464 e. The minimum absolute atomic E-state index is 0.759. The van der Waals surface area contributed by atoms with Gasteiger partial charge in [-0.25, -0.2) is 0 Å². The van der Waals surface area contributed by atoms with E-state index in [1.807, 2.05) is 37.3 Å². The van der Waals surface area contributed by atoms with E-state index in [1.165, 1.54) is 0 Å². The zero-order valence-corrected chi connectivity index (χ0v) is 7.45. The number of aryl methyl sites for hydroxylation is 1. The van der Waals surface area contributed by atoms with Gasteiger partial charge in [0, 0.05) is 11.3 Å². The number of benzene rings is 1. The lowest BCUT2D eigenvalue weighted by Gasteiger charge is -2.02. The molecule has 1 aromatic heterocycles. The molecule has 0 radical (unpaired) electrons. The van der Waals surface area contributed by atoms with E-state index in [-0.39, 0.29) is 0 Å². The predicted molar refractivity (Wildman–Crippen MR) is 53.3 cm³/mol. The summed E-state index contributed by atoms with van der Waals surface area (Å²) in [5.41, 5.74) is 8.73. The molecule has 0 fully saturated rings.